The highest BCUT2D eigenvalue weighted by Crippen LogP contribution is 2.46. The summed E-state index contributed by atoms with van der Waals surface area (Å²) in [4.78, 5) is 12.1. The molecule has 0 radical (unpaired) electrons. The lowest BCUT2D eigenvalue weighted by Gasteiger charge is -2.55. The standard InChI is InChI=1S/C19H36N2O3/c1-7-18(6)14(12-15(18)23-8-2)20-13-19(10-9-11-19)21-16(22)24-17(3,4)5/h14-15,20H,7-13H2,1-6H3,(H,21,22). The van der Waals surface area contributed by atoms with Crippen molar-refractivity contribution in [2.75, 3.05) is 13.2 Å². The molecule has 0 heterocycles. The Balaban J connectivity index is 1.86. The Kier molecular flexibility index (Phi) is 5.86. The van der Waals surface area contributed by atoms with Gasteiger partial charge in [0, 0.05) is 24.6 Å². The number of hydrogen-bond donors (Lipinski definition) is 2. The second-order valence-electron chi connectivity index (χ2n) is 8.73. The molecule has 2 aliphatic rings. The van der Waals surface area contributed by atoms with E-state index >= 15 is 0 Å². The van der Waals surface area contributed by atoms with Gasteiger partial charge >= 0.3 is 6.09 Å². The summed E-state index contributed by atoms with van der Waals surface area (Å²) in [5, 5.41) is 6.83. The Morgan fingerprint density at radius 2 is 1.92 bits per heavy atom. The molecule has 1 amide bonds. The van der Waals surface area contributed by atoms with Crippen LogP contribution in [0.4, 0.5) is 4.79 Å². The first-order valence-electron chi connectivity index (χ1n) is 9.50. The molecular formula is C19H36N2O3. The van der Waals surface area contributed by atoms with Crippen molar-refractivity contribution in [2.24, 2.45) is 5.41 Å². The van der Waals surface area contributed by atoms with Gasteiger partial charge in [-0.25, -0.2) is 4.79 Å². The van der Waals surface area contributed by atoms with Crippen LogP contribution in [0.15, 0.2) is 0 Å². The fraction of sp³-hybridized carbons (Fsp3) is 0.947. The molecule has 2 rings (SSSR count). The van der Waals surface area contributed by atoms with E-state index in [9.17, 15) is 4.79 Å². The van der Waals surface area contributed by atoms with Gasteiger partial charge in [-0.15, -0.1) is 0 Å². The summed E-state index contributed by atoms with van der Waals surface area (Å²) in [6, 6.07) is 0.456. The smallest absolute Gasteiger partial charge is 0.408 e. The van der Waals surface area contributed by atoms with Crippen LogP contribution in [-0.2, 0) is 9.47 Å². The summed E-state index contributed by atoms with van der Waals surface area (Å²) in [6.45, 7) is 13.9. The van der Waals surface area contributed by atoms with E-state index < -0.39 is 5.60 Å². The minimum atomic E-state index is -0.456. The Hall–Kier alpha value is -0.810. The second-order valence-corrected chi connectivity index (χ2v) is 8.73. The lowest BCUT2D eigenvalue weighted by atomic mass is 9.61. The minimum absolute atomic E-state index is 0.145. The Morgan fingerprint density at radius 3 is 2.38 bits per heavy atom. The van der Waals surface area contributed by atoms with Gasteiger partial charge in [-0.1, -0.05) is 13.8 Å². The Bertz CT molecular complexity index is 442. The van der Waals surface area contributed by atoms with E-state index in [1.807, 2.05) is 20.8 Å². The predicted octanol–water partition coefficient (Wildman–Crippen LogP) is 3.62. The molecule has 3 atom stereocenters. The topological polar surface area (TPSA) is 59.6 Å². The molecule has 3 unspecified atom stereocenters. The number of alkyl carbamates (subject to hydrolysis) is 1. The van der Waals surface area contributed by atoms with Crippen molar-refractivity contribution in [3.63, 3.8) is 0 Å². The van der Waals surface area contributed by atoms with Crippen LogP contribution < -0.4 is 10.6 Å². The number of hydrogen-bond acceptors (Lipinski definition) is 4. The summed E-state index contributed by atoms with van der Waals surface area (Å²) in [6.07, 6.45) is 5.40. The second kappa shape index (κ2) is 7.20. The average molecular weight is 341 g/mol. The zero-order chi connectivity index (χ0) is 18.0. The van der Waals surface area contributed by atoms with Crippen LogP contribution in [0.5, 0.6) is 0 Å². The van der Waals surface area contributed by atoms with Crippen LogP contribution in [-0.4, -0.2) is 42.5 Å². The fourth-order valence-corrected chi connectivity index (χ4v) is 3.85. The van der Waals surface area contributed by atoms with Gasteiger partial charge in [0.05, 0.1) is 11.6 Å². The molecule has 0 bridgehead atoms. The monoisotopic (exact) mass is 340 g/mol. The summed E-state index contributed by atoms with van der Waals surface area (Å²) >= 11 is 0. The molecule has 0 aromatic heterocycles. The van der Waals surface area contributed by atoms with Gasteiger partial charge in [-0.05, 0) is 59.8 Å². The molecule has 140 valence electrons. The van der Waals surface area contributed by atoms with Gasteiger partial charge in [0.15, 0.2) is 0 Å². The van der Waals surface area contributed by atoms with Crippen LogP contribution in [0.2, 0.25) is 0 Å². The maximum absolute atomic E-state index is 12.1. The van der Waals surface area contributed by atoms with Gasteiger partial charge in [0.25, 0.3) is 0 Å². The zero-order valence-electron chi connectivity index (χ0n) is 16.3. The molecule has 2 fully saturated rings. The quantitative estimate of drug-likeness (QED) is 0.743. The van der Waals surface area contributed by atoms with Crippen LogP contribution in [0.25, 0.3) is 0 Å². The van der Waals surface area contributed by atoms with Gasteiger partial charge in [0.1, 0.15) is 5.60 Å². The first-order chi connectivity index (χ1) is 11.1. The summed E-state index contributed by atoms with van der Waals surface area (Å²) in [5.41, 5.74) is -0.414. The Morgan fingerprint density at radius 1 is 1.25 bits per heavy atom. The van der Waals surface area contributed by atoms with E-state index in [2.05, 4.69) is 31.4 Å². The molecule has 5 nitrogen and oxygen atoms in total. The first-order valence-corrected chi connectivity index (χ1v) is 9.50. The lowest BCUT2D eigenvalue weighted by Crippen LogP contribution is -2.67. The molecule has 24 heavy (non-hydrogen) atoms. The fourth-order valence-electron chi connectivity index (χ4n) is 3.85. The van der Waals surface area contributed by atoms with E-state index in [0.29, 0.717) is 12.1 Å². The number of carbonyl (C=O) groups is 1. The lowest BCUT2D eigenvalue weighted by molar-refractivity contribution is -0.127. The van der Waals surface area contributed by atoms with E-state index in [1.54, 1.807) is 0 Å². The Labute approximate surface area is 147 Å². The largest absolute Gasteiger partial charge is 0.444 e. The molecule has 0 aromatic rings. The van der Waals surface area contributed by atoms with E-state index in [1.165, 1.54) is 0 Å². The maximum Gasteiger partial charge on any atom is 0.408 e. The third kappa shape index (κ3) is 4.23. The van der Waals surface area contributed by atoms with Gasteiger partial charge in [0.2, 0.25) is 0 Å². The van der Waals surface area contributed by atoms with Gasteiger partial charge < -0.3 is 20.1 Å². The van der Waals surface area contributed by atoms with Gasteiger partial charge in [-0.3, -0.25) is 0 Å². The summed E-state index contributed by atoms with van der Waals surface area (Å²) < 4.78 is 11.3. The number of carbonyl (C=O) groups excluding carboxylic acids is 1. The average Bonchev–Trinajstić information content (AvgIpc) is 2.44. The van der Waals surface area contributed by atoms with Gasteiger partial charge in [-0.2, -0.15) is 0 Å². The van der Waals surface area contributed by atoms with Crippen LogP contribution in [0, 0.1) is 5.41 Å². The highest BCUT2D eigenvalue weighted by atomic mass is 16.6. The molecule has 0 saturated heterocycles. The summed E-state index contributed by atoms with van der Waals surface area (Å²) in [5.74, 6) is 0. The highest BCUT2D eigenvalue weighted by molar-refractivity contribution is 5.69. The van der Waals surface area contributed by atoms with Crippen LogP contribution in [0.1, 0.15) is 73.6 Å². The molecule has 0 aliphatic heterocycles. The minimum Gasteiger partial charge on any atom is -0.444 e. The third-order valence-electron chi connectivity index (χ3n) is 5.87. The van der Waals surface area contributed by atoms with E-state index in [4.69, 9.17) is 9.47 Å². The van der Waals surface area contributed by atoms with Crippen molar-refractivity contribution in [3.05, 3.63) is 0 Å². The molecule has 2 aliphatic carbocycles. The molecule has 2 N–H and O–H groups in total. The normalized spacial score (nSPS) is 31.8. The number of amides is 1. The van der Waals surface area contributed by atoms with Crippen molar-refractivity contribution in [3.8, 4) is 0 Å². The van der Waals surface area contributed by atoms with Crippen molar-refractivity contribution in [1.82, 2.24) is 10.6 Å². The molecule has 0 aromatic carbocycles. The first kappa shape index (κ1) is 19.5. The maximum atomic E-state index is 12.1. The molecular weight excluding hydrogens is 304 g/mol. The highest BCUT2D eigenvalue weighted by Gasteiger charge is 2.52. The van der Waals surface area contributed by atoms with Crippen molar-refractivity contribution in [2.45, 2.75) is 96.9 Å². The van der Waals surface area contributed by atoms with Crippen LogP contribution >= 0.6 is 0 Å². The molecule has 0 spiro atoms. The van der Waals surface area contributed by atoms with E-state index in [-0.39, 0.29) is 17.0 Å². The number of ether oxygens (including phenoxy) is 2. The number of nitrogens with one attached hydrogen (secondary N) is 2. The number of rotatable bonds is 7. The third-order valence-corrected chi connectivity index (χ3v) is 5.87. The van der Waals surface area contributed by atoms with Crippen molar-refractivity contribution < 1.29 is 14.3 Å². The predicted molar refractivity (Wildman–Crippen MR) is 96.2 cm³/mol. The van der Waals surface area contributed by atoms with Crippen LogP contribution in [0.3, 0.4) is 0 Å². The summed E-state index contributed by atoms with van der Waals surface area (Å²) in [7, 11) is 0. The van der Waals surface area contributed by atoms with Crippen molar-refractivity contribution in [1.29, 1.82) is 0 Å². The van der Waals surface area contributed by atoms with E-state index in [0.717, 1.165) is 45.3 Å². The zero-order valence-corrected chi connectivity index (χ0v) is 16.3. The molecule has 2 saturated carbocycles. The van der Waals surface area contributed by atoms with Crippen molar-refractivity contribution >= 4 is 6.09 Å². The SMILES string of the molecule is CCOC1CC(NCC2(NC(=O)OC(C)(C)C)CCC2)C1(C)CC. The molecule has 5 heteroatoms.